The van der Waals surface area contributed by atoms with E-state index in [9.17, 15) is 0 Å². The van der Waals surface area contributed by atoms with Crippen molar-refractivity contribution in [3.63, 3.8) is 0 Å². The van der Waals surface area contributed by atoms with E-state index in [0.717, 1.165) is 15.1 Å². The van der Waals surface area contributed by atoms with Gasteiger partial charge in [0, 0.05) is 24.0 Å². The second kappa shape index (κ2) is 5.27. The van der Waals surface area contributed by atoms with E-state index >= 15 is 0 Å². The van der Waals surface area contributed by atoms with Crippen molar-refractivity contribution < 1.29 is 0 Å². The van der Waals surface area contributed by atoms with Crippen LogP contribution in [0.25, 0.3) is 0 Å². The van der Waals surface area contributed by atoms with Gasteiger partial charge in [-0.25, -0.2) is 9.97 Å². The number of nitrogens with one attached hydrogen (secondary N) is 1. The zero-order valence-electron chi connectivity index (χ0n) is 8.32. The van der Waals surface area contributed by atoms with Crippen molar-refractivity contribution in [1.29, 1.82) is 0 Å². The molecule has 0 amide bonds. The maximum Gasteiger partial charge on any atom is 0.222 e. The molecule has 2 rings (SSSR count). The minimum atomic E-state index is 0.586. The third kappa shape index (κ3) is 2.93. The van der Waals surface area contributed by atoms with Crippen molar-refractivity contribution in [2.75, 3.05) is 5.32 Å². The van der Waals surface area contributed by atoms with Crippen LogP contribution in [0.4, 0.5) is 5.95 Å². The van der Waals surface area contributed by atoms with Gasteiger partial charge in [0.15, 0.2) is 0 Å². The highest BCUT2D eigenvalue weighted by atomic mass is 79.9. The SMILES string of the molecule is Clc1ccccc1CNc1ncc(Br)cn1. The Morgan fingerprint density at radius 2 is 1.88 bits per heavy atom. The molecule has 1 aromatic heterocycles. The van der Waals surface area contributed by atoms with Crippen LogP contribution in [0.3, 0.4) is 0 Å². The summed E-state index contributed by atoms with van der Waals surface area (Å²) in [6.07, 6.45) is 3.39. The molecule has 0 unspecified atom stereocenters. The number of rotatable bonds is 3. The molecule has 0 atom stereocenters. The van der Waals surface area contributed by atoms with Crippen LogP contribution in [0.1, 0.15) is 5.56 Å². The Morgan fingerprint density at radius 3 is 2.56 bits per heavy atom. The molecule has 0 fully saturated rings. The van der Waals surface area contributed by atoms with Crippen LogP contribution in [0.15, 0.2) is 41.1 Å². The summed E-state index contributed by atoms with van der Waals surface area (Å²) >= 11 is 9.31. The summed E-state index contributed by atoms with van der Waals surface area (Å²) in [4.78, 5) is 8.22. The first-order chi connectivity index (χ1) is 7.75. The van der Waals surface area contributed by atoms with Gasteiger partial charge in [-0.05, 0) is 27.6 Å². The van der Waals surface area contributed by atoms with E-state index in [2.05, 4.69) is 31.2 Å². The number of benzene rings is 1. The van der Waals surface area contributed by atoms with Crippen LogP contribution in [0.5, 0.6) is 0 Å². The predicted octanol–water partition coefficient (Wildman–Crippen LogP) is 3.50. The summed E-state index contributed by atoms with van der Waals surface area (Å²) in [6.45, 7) is 0.612. The molecule has 3 nitrogen and oxygen atoms in total. The Hall–Kier alpha value is -1.13. The third-order valence-corrected chi connectivity index (χ3v) is 2.79. The first-order valence-electron chi connectivity index (χ1n) is 4.70. The number of hydrogen-bond donors (Lipinski definition) is 1. The Morgan fingerprint density at radius 1 is 1.19 bits per heavy atom. The van der Waals surface area contributed by atoms with Crippen LogP contribution in [-0.2, 0) is 6.54 Å². The molecule has 0 aliphatic heterocycles. The summed E-state index contributed by atoms with van der Waals surface area (Å²) in [6, 6.07) is 7.68. The molecule has 0 spiro atoms. The molecule has 5 heteroatoms. The molecule has 0 aliphatic rings. The highest BCUT2D eigenvalue weighted by Crippen LogP contribution is 2.16. The quantitative estimate of drug-likeness (QED) is 0.942. The molecular weight excluding hydrogens is 289 g/mol. The number of anilines is 1. The van der Waals surface area contributed by atoms with E-state index in [4.69, 9.17) is 11.6 Å². The molecule has 0 saturated carbocycles. The minimum absolute atomic E-state index is 0.586. The molecule has 1 aromatic carbocycles. The summed E-state index contributed by atoms with van der Waals surface area (Å²) in [5.74, 6) is 0.586. The fourth-order valence-corrected chi connectivity index (χ4v) is 1.63. The van der Waals surface area contributed by atoms with E-state index in [-0.39, 0.29) is 0 Å². The molecule has 2 aromatic rings. The lowest BCUT2D eigenvalue weighted by Crippen LogP contribution is -2.03. The molecule has 0 bridgehead atoms. The van der Waals surface area contributed by atoms with Crippen molar-refractivity contribution in [2.45, 2.75) is 6.54 Å². The van der Waals surface area contributed by atoms with Gasteiger partial charge >= 0.3 is 0 Å². The zero-order valence-corrected chi connectivity index (χ0v) is 10.7. The summed E-state index contributed by atoms with van der Waals surface area (Å²) < 4.78 is 0.857. The van der Waals surface area contributed by atoms with E-state index in [1.807, 2.05) is 24.3 Å². The fraction of sp³-hybridized carbons (Fsp3) is 0.0909. The Labute approximate surface area is 107 Å². The van der Waals surface area contributed by atoms with Gasteiger partial charge in [-0.15, -0.1) is 0 Å². The maximum atomic E-state index is 6.03. The zero-order chi connectivity index (χ0) is 11.4. The van der Waals surface area contributed by atoms with Gasteiger partial charge < -0.3 is 5.32 Å². The van der Waals surface area contributed by atoms with Gasteiger partial charge in [-0.1, -0.05) is 29.8 Å². The first-order valence-corrected chi connectivity index (χ1v) is 5.87. The summed E-state index contributed by atoms with van der Waals surface area (Å²) in [5.41, 5.74) is 1.02. The van der Waals surface area contributed by atoms with Crippen LogP contribution < -0.4 is 5.32 Å². The lowest BCUT2D eigenvalue weighted by atomic mass is 10.2. The monoisotopic (exact) mass is 297 g/mol. The van der Waals surface area contributed by atoms with Crippen molar-refractivity contribution in [3.8, 4) is 0 Å². The fourth-order valence-electron chi connectivity index (χ4n) is 1.22. The van der Waals surface area contributed by atoms with Gasteiger partial charge in [0.2, 0.25) is 5.95 Å². The largest absolute Gasteiger partial charge is 0.350 e. The van der Waals surface area contributed by atoms with Gasteiger partial charge in [-0.3, -0.25) is 0 Å². The lowest BCUT2D eigenvalue weighted by Gasteiger charge is -2.05. The van der Waals surface area contributed by atoms with Crippen LogP contribution >= 0.6 is 27.5 Å². The number of halogens is 2. The van der Waals surface area contributed by atoms with Gasteiger partial charge in [0.25, 0.3) is 0 Å². The molecule has 1 N–H and O–H groups in total. The molecule has 16 heavy (non-hydrogen) atoms. The van der Waals surface area contributed by atoms with Gasteiger partial charge in [0.05, 0.1) is 4.47 Å². The molecule has 0 saturated heterocycles. The van der Waals surface area contributed by atoms with Crippen molar-refractivity contribution in [1.82, 2.24) is 9.97 Å². The smallest absolute Gasteiger partial charge is 0.222 e. The molecule has 0 aliphatic carbocycles. The Balaban J connectivity index is 2.02. The molecule has 1 heterocycles. The number of hydrogen-bond acceptors (Lipinski definition) is 3. The maximum absolute atomic E-state index is 6.03. The second-order valence-corrected chi connectivity index (χ2v) is 4.49. The lowest BCUT2D eigenvalue weighted by molar-refractivity contribution is 1.05. The van der Waals surface area contributed by atoms with Crippen molar-refractivity contribution in [3.05, 3.63) is 51.7 Å². The van der Waals surface area contributed by atoms with Crippen LogP contribution in [-0.4, -0.2) is 9.97 Å². The van der Waals surface area contributed by atoms with E-state index in [0.29, 0.717) is 12.5 Å². The standard InChI is InChI=1S/C11H9BrClN3/c12-9-6-15-11(16-7-9)14-5-8-3-1-2-4-10(8)13/h1-4,6-7H,5H2,(H,14,15,16). The average Bonchev–Trinajstić information content (AvgIpc) is 2.30. The predicted molar refractivity (Wildman–Crippen MR) is 68.5 cm³/mol. The third-order valence-electron chi connectivity index (χ3n) is 2.02. The second-order valence-electron chi connectivity index (χ2n) is 3.17. The topological polar surface area (TPSA) is 37.8 Å². The Kier molecular flexibility index (Phi) is 3.74. The highest BCUT2D eigenvalue weighted by Gasteiger charge is 2.00. The average molecular weight is 299 g/mol. The number of nitrogens with zero attached hydrogens (tertiary/aromatic N) is 2. The molecule has 0 radical (unpaired) electrons. The van der Waals surface area contributed by atoms with Gasteiger partial charge in [0.1, 0.15) is 0 Å². The van der Waals surface area contributed by atoms with E-state index in [1.165, 1.54) is 0 Å². The van der Waals surface area contributed by atoms with Crippen molar-refractivity contribution >= 4 is 33.5 Å². The highest BCUT2D eigenvalue weighted by molar-refractivity contribution is 9.10. The van der Waals surface area contributed by atoms with Crippen LogP contribution in [0.2, 0.25) is 5.02 Å². The van der Waals surface area contributed by atoms with Crippen LogP contribution in [0, 0.1) is 0 Å². The molecular formula is C11H9BrClN3. The normalized spacial score (nSPS) is 10.1. The van der Waals surface area contributed by atoms with Crippen molar-refractivity contribution in [2.24, 2.45) is 0 Å². The number of aromatic nitrogens is 2. The first kappa shape index (κ1) is 11.4. The van der Waals surface area contributed by atoms with E-state index < -0.39 is 0 Å². The summed E-state index contributed by atoms with van der Waals surface area (Å²) in [5, 5.41) is 3.84. The van der Waals surface area contributed by atoms with E-state index in [1.54, 1.807) is 12.4 Å². The molecule has 82 valence electrons. The minimum Gasteiger partial charge on any atom is -0.350 e. The Bertz CT molecular complexity index is 473. The van der Waals surface area contributed by atoms with Gasteiger partial charge in [-0.2, -0.15) is 0 Å². The summed E-state index contributed by atoms with van der Waals surface area (Å²) in [7, 11) is 0.